The highest BCUT2D eigenvalue weighted by Crippen LogP contribution is 2.27. The van der Waals surface area contributed by atoms with E-state index in [2.05, 4.69) is 0 Å². The normalized spacial score (nSPS) is 16.3. The lowest BCUT2D eigenvalue weighted by Gasteiger charge is -2.19. The zero-order valence-corrected chi connectivity index (χ0v) is 8.50. The summed E-state index contributed by atoms with van der Waals surface area (Å²) in [7, 11) is 0. The molecule has 0 radical (unpaired) electrons. The van der Waals surface area contributed by atoms with Crippen LogP contribution in [0.1, 0.15) is 13.8 Å². The fourth-order valence-electron chi connectivity index (χ4n) is 0.378. The Morgan fingerprint density at radius 1 is 1.22 bits per heavy atom. The fourth-order valence-corrected chi connectivity index (χ4v) is 3.40. The first-order valence-electron chi connectivity index (χ1n) is 2.60. The van der Waals surface area contributed by atoms with Crippen molar-refractivity contribution >= 4 is 39.2 Å². The van der Waals surface area contributed by atoms with Crippen molar-refractivity contribution in [2.45, 2.75) is 19.6 Å². The summed E-state index contributed by atoms with van der Waals surface area (Å²) < 4.78 is 0. The number of aliphatic hydroxyl groups is 1. The van der Waals surface area contributed by atoms with E-state index in [9.17, 15) is 0 Å². The van der Waals surface area contributed by atoms with Crippen molar-refractivity contribution in [3.05, 3.63) is 0 Å². The van der Waals surface area contributed by atoms with Crippen molar-refractivity contribution in [1.82, 2.24) is 0 Å². The smallest absolute Gasteiger partial charge is 0.369 e. The standard InChI is InChI=1S/C4H9Cl3OSi/c1-3(2)4(8)9(5,6)7/h3-4,8H,1-2H3. The first-order chi connectivity index (χ1) is 3.85. The molecule has 0 aliphatic carbocycles. The van der Waals surface area contributed by atoms with E-state index in [1.165, 1.54) is 0 Å². The van der Waals surface area contributed by atoms with Crippen LogP contribution in [0.15, 0.2) is 0 Å². The molecule has 0 spiro atoms. The molecule has 0 amide bonds. The Kier molecular flexibility index (Phi) is 3.84. The average Bonchev–Trinajstić information content (AvgIpc) is 1.62. The minimum Gasteiger partial charge on any atom is -0.392 e. The summed E-state index contributed by atoms with van der Waals surface area (Å²) in [6.07, 6.45) is 0. The van der Waals surface area contributed by atoms with E-state index in [4.69, 9.17) is 38.3 Å². The molecule has 9 heavy (non-hydrogen) atoms. The highest BCUT2D eigenvalue weighted by atomic mass is 35.8. The topological polar surface area (TPSA) is 20.2 Å². The lowest BCUT2D eigenvalue weighted by molar-refractivity contribution is 0.200. The summed E-state index contributed by atoms with van der Waals surface area (Å²) >= 11 is 16.5. The van der Waals surface area contributed by atoms with Gasteiger partial charge in [-0.3, -0.25) is 0 Å². The van der Waals surface area contributed by atoms with Crippen LogP contribution < -0.4 is 0 Å². The molecule has 0 saturated carbocycles. The third kappa shape index (κ3) is 3.68. The molecule has 0 aromatic carbocycles. The predicted octanol–water partition coefficient (Wildman–Crippen LogP) is 2.20. The Balaban J connectivity index is 3.88. The van der Waals surface area contributed by atoms with Crippen LogP contribution in [0.5, 0.6) is 0 Å². The van der Waals surface area contributed by atoms with Gasteiger partial charge in [-0.2, -0.15) is 0 Å². The molecule has 0 aliphatic rings. The van der Waals surface area contributed by atoms with Gasteiger partial charge in [0.15, 0.2) is 0 Å². The summed E-state index contributed by atoms with van der Waals surface area (Å²) in [6.45, 7) is 3.64. The Morgan fingerprint density at radius 3 is 1.56 bits per heavy atom. The molecule has 1 atom stereocenters. The van der Waals surface area contributed by atoms with Crippen molar-refractivity contribution in [2.24, 2.45) is 5.92 Å². The van der Waals surface area contributed by atoms with Crippen molar-refractivity contribution in [2.75, 3.05) is 0 Å². The monoisotopic (exact) mass is 206 g/mol. The van der Waals surface area contributed by atoms with E-state index in [0.717, 1.165) is 0 Å². The van der Waals surface area contributed by atoms with E-state index in [-0.39, 0.29) is 5.92 Å². The van der Waals surface area contributed by atoms with E-state index < -0.39 is 11.7 Å². The third-order valence-electron chi connectivity index (χ3n) is 0.967. The second-order valence-corrected chi connectivity index (χ2v) is 11.0. The number of aliphatic hydroxyl groups excluding tert-OH is 1. The first-order valence-corrected chi connectivity index (χ1v) is 7.71. The largest absolute Gasteiger partial charge is 0.392 e. The lowest BCUT2D eigenvalue weighted by Crippen LogP contribution is -2.35. The van der Waals surface area contributed by atoms with Crippen LogP contribution in [0.4, 0.5) is 0 Å². The molecule has 1 N–H and O–H groups in total. The SMILES string of the molecule is CC(C)C(O)[Si](Cl)(Cl)Cl. The van der Waals surface area contributed by atoms with Crippen LogP contribution in [-0.4, -0.2) is 16.8 Å². The minimum absolute atomic E-state index is 0.0316. The molecule has 0 rings (SSSR count). The molecule has 0 fully saturated rings. The van der Waals surface area contributed by atoms with Gasteiger partial charge >= 0.3 is 6.00 Å². The van der Waals surface area contributed by atoms with Crippen molar-refractivity contribution < 1.29 is 5.11 Å². The molecule has 5 heteroatoms. The fraction of sp³-hybridized carbons (Fsp3) is 1.00. The third-order valence-corrected chi connectivity index (χ3v) is 4.32. The van der Waals surface area contributed by atoms with Crippen molar-refractivity contribution in [3.63, 3.8) is 0 Å². The van der Waals surface area contributed by atoms with Gasteiger partial charge in [0.05, 0.1) is 5.73 Å². The summed E-state index contributed by atoms with van der Waals surface area (Å²) in [5, 5.41) is 9.13. The molecule has 0 bridgehead atoms. The summed E-state index contributed by atoms with van der Waals surface area (Å²) in [5.41, 5.74) is -0.748. The van der Waals surface area contributed by atoms with Gasteiger partial charge in [-0.15, -0.1) is 33.2 Å². The maximum atomic E-state index is 9.13. The molecular weight excluding hydrogens is 198 g/mol. The van der Waals surface area contributed by atoms with Gasteiger partial charge in [0.2, 0.25) is 0 Å². The molecule has 0 aliphatic heterocycles. The van der Waals surface area contributed by atoms with Crippen molar-refractivity contribution in [3.8, 4) is 0 Å². The van der Waals surface area contributed by atoms with Crippen LogP contribution in [0.25, 0.3) is 0 Å². The second kappa shape index (κ2) is 3.44. The Morgan fingerprint density at radius 2 is 1.56 bits per heavy atom. The lowest BCUT2D eigenvalue weighted by atomic mass is 10.2. The Labute approximate surface area is 70.0 Å². The van der Waals surface area contributed by atoms with Gasteiger partial charge in [0, 0.05) is 0 Å². The Hall–Kier alpha value is 1.05. The molecular formula is C4H9Cl3OSi. The van der Waals surface area contributed by atoms with Crippen LogP contribution in [0.2, 0.25) is 0 Å². The van der Waals surface area contributed by atoms with E-state index in [1.807, 2.05) is 13.8 Å². The number of hydrogen-bond donors (Lipinski definition) is 1. The molecule has 0 aromatic heterocycles. The quantitative estimate of drug-likeness (QED) is 0.544. The average molecular weight is 208 g/mol. The molecule has 0 aromatic rings. The summed E-state index contributed by atoms with van der Waals surface area (Å²) in [4.78, 5) is 0. The molecule has 0 saturated heterocycles. The Bertz CT molecular complexity index is 90.3. The highest BCUT2D eigenvalue weighted by molar-refractivity contribution is 7.65. The van der Waals surface area contributed by atoms with Gasteiger partial charge in [0.1, 0.15) is 0 Å². The van der Waals surface area contributed by atoms with E-state index >= 15 is 0 Å². The van der Waals surface area contributed by atoms with Crippen molar-refractivity contribution in [1.29, 1.82) is 0 Å². The van der Waals surface area contributed by atoms with Crippen LogP contribution in [0, 0.1) is 5.92 Å². The van der Waals surface area contributed by atoms with Gasteiger partial charge in [0.25, 0.3) is 0 Å². The van der Waals surface area contributed by atoms with Crippen LogP contribution in [0.3, 0.4) is 0 Å². The molecule has 1 unspecified atom stereocenters. The number of rotatable bonds is 2. The van der Waals surface area contributed by atoms with Crippen LogP contribution in [-0.2, 0) is 0 Å². The number of halogens is 3. The first kappa shape index (κ1) is 10.0. The minimum atomic E-state index is -2.85. The van der Waals surface area contributed by atoms with Gasteiger partial charge in [-0.25, -0.2) is 0 Å². The maximum absolute atomic E-state index is 9.13. The van der Waals surface area contributed by atoms with Gasteiger partial charge in [-0.1, -0.05) is 13.8 Å². The second-order valence-electron chi connectivity index (χ2n) is 2.23. The van der Waals surface area contributed by atoms with E-state index in [0.29, 0.717) is 0 Å². The number of hydrogen-bond acceptors (Lipinski definition) is 1. The zero-order valence-electron chi connectivity index (χ0n) is 5.24. The summed E-state index contributed by atoms with van der Waals surface area (Å²) in [6, 6.07) is -2.85. The molecule has 0 heterocycles. The molecule has 56 valence electrons. The van der Waals surface area contributed by atoms with Gasteiger partial charge < -0.3 is 5.11 Å². The summed E-state index contributed by atoms with van der Waals surface area (Å²) in [5.74, 6) is 0.0316. The maximum Gasteiger partial charge on any atom is 0.369 e. The predicted molar refractivity (Wildman–Crippen MR) is 44.2 cm³/mol. The van der Waals surface area contributed by atoms with Gasteiger partial charge in [-0.05, 0) is 5.92 Å². The highest BCUT2D eigenvalue weighted by Gasteiger charge is 2.37. The molecule has 1 nitrogen and oxygen atoms in total. The zero-order chi connectivity index (χ0) is 7.65. The van der Waals surface area contributed by atoms with E-state index in [1.54, 1.807) is 0 Å². The van der Waals surface area contributed by atoms with Crippen LogP contribution >= 0.6 is 33.2 Å².